The van der Waals surface area contributed by atoms with Crippen LogP contribution in [0.5, 0.6) is 5.75 Å². The number of aliphatic hydroxyl groups is 1. The number of aryl methyl sites for hydroxylation is 1. The number of benzene rings is 1. The van der Waals surface area contributed by atoms with Gasteiger partial charge in [0.25, 0.3) is 0 Å². The molecule has 1 aromatic carbocycles. The quantitative estimate of drug-likeness (QED) is 0.645. The fraction of sp³-hybridized carbons (Fsp3) is 0.739. The molecule has 146 valence electrons. The van der Waals surface area contributed by atoms with E-state index in [0.29, 0.717) is 17.3 Å². The van der Waals surface area contributed by atoms with Crippen LogP contribution < -0.4 is 4.74 Å². The molecule has 2 unspecified atom stereocenters. The van der Waals surface area contributed by atoms with Crippen molar-refractivity contribution in [1.82, 2.24) is 0 Å². The van der Waals surface area contributed by atoms with Gasteiger partial charge in [-0.3, -0.25) is 0 Å². The molecule has 4 atom stereocenters. The molecule has 0 bridgehead atoms. The van der Waals surface area contributed by atoms with E-state index in [1.807, 2.05) is 11.8 Å². The number of thioether (sulfide) groups is 1. The van der Waals surface area contributed by atoms with Gasteiger partial charge in [0.15, 0.2) is 0 Å². The van der Waals surface area contributed by atoms with Crippen LogP contribution in [0.25, 0.3) is 0 Å². The highest BCUT2D eigenvalue weighted by atomic mass is 32.2. The molecule has 1 aromatic rings. The minimum atomic E-state index is -0.570. The molecule has 2 saturated carbocycles. The molecule has 3 rings (SSSR count). The van der Waals surface area contributed by atoms with Gasteiger partial charge in [0.1, 0.15) is 5.75 Å². The lowest BCUT2D eigenvalue weighted by molar-refractivity contribution is -0.158. The number of fused-ring (bicyclic) bond motifs is 1. The Morgan fingerprint density at radius 3 is 2.54 bits per heavy atom. The summed E-state index contributed by atoms with van der Waals surface area (Å²) in [5.41, 5.74) is 1.27. The summed E-state index contributed by atoms with van der Waals surface area (Å²) >= 11 is 1.89. The van der Waals surface area contributed by atoms with E-state index in [2.05, 4.69) is 52.8 Å². The van der Waals surface area contributed by atoms with Gasteiger partial charge in [0.2, 0.25) is 0 Å². The van der Waals surface area contributed by atoms with Gasteiger partial charge < -0.3 is 9.84 Å². The van der Waals surface area contributed by atoms with Crippen molar-refractivity contribution in [3.8, 4) is 5.75 Å². The maximum atomic E-state index is 11.3. The molecule has 2 nitrogen and oxygen atoms in total. The van der Waals surface area contributed by atoms with Crippen LogP contribution in [0, 0.1) is 29.6 Å². The summed E-state index contributed by atoms with van der Waals surface area (Å²) in [5.74, 6) is 2.93. The summed E-state index contributed by atoms with van der Waals surface area (Å²) in [4.78, 5) is 1.25. The third-order valence-electron chi connectivity index (χ3n) is 7.44. The van der Waals surface area contributed by atoms with E-state index in [9.17, 15) is 5.11 Å². The van der Waals surface area contributed by atoms with Crippen LogP contribution in [0.15, 0.2) is 23.1 Å². The second-order valence-electron chi connectivity index (χ2n) is 9.85. The summed E-state index contributed by atoms with van der Waals surface area (Å²) in [7, 11) is 1.73. The summed E-state index contributed by atoms with van der Waals surface area (Å²) in [6, 6.07) is 6.43. The predicted molar refractivity (Wildman–Crippen MR) is 111 cm³/mol. The fourth-order valence-electron chi connectivity index (χ4n) is 6.09. The van der Waals surface area contributed by atoms with Gasteiger partial charge in [-0.25, -0.2) is 0 Å². The molecule has 26 heavy (non-hydrogen) atoms. The lowest BCUT2D eigenvalue weighted by Gasteiger charge is -2.61. The lowest BCUT2D eigenvalue weighted by Crippen LogP contribution is -2.58. The molecule has 0 aliphatic heterocycles. The van der Waals surface area contributed by atoms with Gasteiger partial charge >= 0.3 is 0 Å². The Balaban J connectivity index is 1.85. The number of hydrogen-bond acceptors (Lipinski definition) is 3. The summed E-state index contributed by atoms with van der Waals surface area (Å²) in [6.07, 6.45) is 5.95. The summed E-state index contributed by atoms with van der Waals surface area (Å²) in [5, 5.41) is 11.3. The van der Waals surface area contributed by atoms with Gasteiger partial charge in [-0.15, -0.1) is 11.8 Å². The van der Waals surface area contributed by atoms with Crippen molar-refractivity contribution in [1.29, 1.82) is 0 Å². The van der Waals surface area contributed by atoms with E-state index in [1.54, 1.807) is 7.11 Å². The minimum Gasteiger partial charge on any atom is -0.497 e. The van der Waals surface area contributed by atoms with Crippen LogP contribution in [0.4, 0.5) is 0 Å². The zero-order chi connectivity index (χ0) is 19.2. The van der Waals surface area contributed by atoms with E-state index in [0.717, 1.165) is 24.3 Å². The molecule has 2 fully saturated rings. The zero-order valence-electron chi connectivity index (χ0n) is 17.4. The third-order valence-corrected chi connectivity index (χ3v) is 8.51. The molecule has 0 spiro atoms. The highest BCUT2D eigenvalue weighted by Crippen LogP contribution is 2.62. The van der Waals surface area contributed by atoms with E-state index in [-0.39, 0.29) is 5.41 Å². The Bertz CT molecular complexity index is 652. The molecular weight excluding hydrogens is 340 g/mol. The normalized spacial score (nSPS) is 36.4. The number of methoxy groups -OCH3 is 1. The van der Waals surface area contributed by atoms with Crippen molar-refractivity contribution in [2.75, 3.05) is 12.9 Å². The second kappa shape index (κ2) is 7.05. The first kappa shape index (κ1) is 20.1. The molecule has 0 saturated heterocycles. The first-order valence-electron chi connectivity index (χ1n) is 10.1. The van der Waals surface area contributed by atoms with Gasteiger partial charge in [0, 0.05) is 16.6 Å². The molecule has 2 aliphatic rings. The Hall–Kier alpha value is -0.670. The molecule has 0 aromatic heterocycles. The maximum Gasteiger partial charge on any atom is 0.120 e. The van der Waals surface area contributed by atoms with E-state index in [1.165, 1.54) is 29.7 Å². The topological polar surface area (TPSA) is 29.5 Å². The molecule has 0 heterocycles. The lowest BCUT2D eigenvalue weighted by atomic mass is 9.46. The van der Waals surface area contributed by atoms with Gasteiger partial charge in [0.05, 0.1) is 12.7 Å². The number of ether oxygens (including phenoxy) is 1. The summed E-state index contributed by atoms with van der Waals surface area (Å²) in [6.45, 7) is 11.6. The SMILES string of the molecule is COc1cc(C)cc(SCC2[C@@]3(C)CCCC(C)(C)C3CC[C@@]2(C)O)c1. The van der Waals surface area contributed by atoms with Crippen molar-refractivity contribution in [2.24, 2.45) is 22.7 Å². The molecule has 0 radical (unpaired) electrons. The minimum absolute atomic E-state index is 0.227. The van der Waals surface area contributed by atoms with Gasteiger partial charge in [-0.05, 0) is 80.0 Å². The van der Waals surface area contributed by atoms with Crippen molar-refractivity contribution >= 4 is 11.8 Å². The van der Waals surface area contributed by atoms with Crippen LogP contribution in [-0.2, 0) is 0 Å². The maximum absolute atomic E-state index is 11.3. The zero-order valence-corrected chi connectivity index (χ0v) is 18.2. The van der Waals surface area contributed by atoms with E-state index in [4.69, 9.17) is 4.74 Å². The largest absolute Gasteiger partial charge is 0.497 e. The second-order valence-corrected chi connectivity index (χ2v) is 10.9. The number of hydrogen-bond donors (Lipinski definition) is 1. The smallest absolute Gasteiger partial charge is 0.120 e. The molecular formula is C23H36O2S. The van der Waals surface area contributed by atoms with Crippen molar-refractivity contribution in [3.05, 3.63) is 23.8 Å². The average Bonchev–Trinajstić information content (AvgIpc) is 2.52. The van der Waals surface area contributed by atoms with Gasteiger partial charge in [-0.1, -0.05) is 27.2 Å². The van der Waals surface area contributed by atoms with Crippen LogP contribution >= 0.6 is 11.8 Å². The first-order chi connectivity index (χ1) is 12.1. The highest BCUT2D eigenvalue weighted by molar-refractivity contribution is 7.99. The van der Waals surface area contributed by atoms with Crippen LogP contribution in [-0.4, -0.2) is 23.6 Å². The van der Waals surface area contributed by atoms with Crippen LogP contribution in [0.2, 0.25) is 0 Å². The highest BCUT2D eigenvalue weighted by Gasteiger charge is 2.57. The Morgan fingerprint density at radius 2 is 1.85 bits per heavy atom. The number of rotatable bonds is 4. The fourth-order valence-corrected chi connectivity index (χ4v) is 7.66. The monoisotopic (exact) mass is 376 g/mol. The standard InChI is InChI=1S/C23H36O2S/c1-16-12-17(25-6)14-18(13-16)26-15-20-22(4)10-7-9-21(2,3)19(22)8-11-23(20,5)24/h12-14,19-20,24H,7-11,15H2,1-6H3/t19?,20?,22-,23+/m0/s1. The van der Waals surface area contributed by atoms with E-state index < -0.39 is 5.60 Å². The van der Waals surface area contributed by atoms with Crippen molar-refractivity contribution < 1.29 is 9.84 Å². The van der Waals surface area contributed by atoms with Crippen LogP contribution in [0.1, 0.15) is 65.4 Å². The Labute approximate surface area is 164 Å². The predicted octanol–water partition coefficient (Wildman–Crippen LogP) is 6.09. The Morgan fingerprint density at radius 1 is 1.12 bits per heavy atom. The Kier molecular flexibility index (Phi) is 5.45. The van der Waals surface area contributed by atoms with Gasteiger partial charge in [-0.2, -0.15) is 0 Å². The third kappa shape index (κ3) is 3.67. The van der Waals surface area contributed by atoms with Crippen molar-refractivity contribution in [2.45, 2.75) is 77.2 Å². The molecule has 2 aliphatic carbocycles. The van der Waals surface area contributed by atoms with Crippen LogP contribution in [0.3, 0.4) is 0 Å². The summed E-state index contributed by atoms with van der Waals surface area (Å²) < 4.78 is 5.44. The van der Waals surface area contributed by atoms with E-state index >= 15 is 0 Å². The average molecular weight is 377 g/mol. The first-order valence-corrected chi connectivity index (χ1v) is 11.1. The molecule has 1 N–H and O–H groups in total. The van der Waals surface area contributed by atoms with Crippen molar-refractivity contribution in [3.63, 3.8) is 0 Å². The molecule has 0 amide bonds. The molecule has 3 heteroatoms.